The van der Waals surface area contributed by atoms with Gasteiger partial charge in [-0.2, -0.15) is 0 Å². The van der Waals surface area contributed by atoms with Crippen LogP contribution in [0.25, 0.3) is 10.8 Å². The van der Waals surface area contributed by atoms with Gasteiger partial charge in [0.25, 0.3) is 0 Å². The molecule has 1 saturated heterocycles. The Morgan fingerprint density at radius 1 is 1.17 bits per heavy atom. The highest BCUT2D eigenvalue weighted by atomic mass is 16.3. The number of hydrogen-bond acceptors (Lipinski definition) is 3. The number of fused-ring (bicyclic) bond motifs is 1. The van der Waals surface area contributed by atoms with Gasteiger partial charge in [-0.15, -0.1) is 0 Å². The van der Waals surface area contributed by atoms with Crippen molar-refractivity contribution in [2.24, 2.45) is 0 Å². The van der Waals surface area contributed by atoms with E-state index in [0.717, 1.165) is 48.7 Å². The van der Waals surface area contributed by atoms with E-state index in [9.17, 15) is 5.11 Å². The monoisotopic (exact) mass is 242 g/mol. The van der Waals surface area contributed by atoms with Gasteiger partial charge in [0, 0.05) is 17.8 Å². The van der Waals surface area contributed by atoms with Crippen LogP contribution in [-0.2, 0) is 5.60 Å². The molecule has 2 N–H and O–H groups in total. The molecule has 3 heteroatoms. The Bertz CT molecular complexity index is 540. The fourth-order valence-electron chi connectivity index (χ4n) is 2.85. The summed E-state index contributed by atoms with van der Waals surface area (Å²) in [6, 6.07) is 8.11. The molecular weight excluding hydrogens is 224 g/mol. The number of hydrogen-bond donors (Lipinski definition) is 2. The minimum absolute atomic E-state index is 0.704. The lowest BCUT2D eigenvalue weighted by atomic mass is 9.84. The standard InChI is InChI=1S/C15H18N2O/c18-15(6-2-8-16-10-7-15)14-4-1-3-12-11-17-9-5-13(12)14/h1,3-5,9,11,16,18H,2,6-8,10H2. The minimum atomic E-state index is -0.704. The predicted octanol–water partition coefficient (Wildman–Crippen LogP) is 2.20. The van der Waals surface area contributed by atoms with Crippen LogP contribution >= 0.6 is 0 Å². The molecule has 0 bridgehead atoms. The van der Waals surface area contributed by atoms with Gasteiger partial charge in [-0.25, -0.2) is 0 Å². The van der Waals surface area contributed by atoms with Crippen molar-refractivity contribution in [2.75, 3.05) is 13.1 Å². The van der Waals surface area contributed by atoms with E-state index in [1.165, 1.54) is 0 Å². The van der Waals surface area contributed by atoms with Gasteiger partial charge >= 0.3 is 0 Å². The third-order valence-electron chi connectivity index (χ3n) is 3.84. The van der Waals surface area contributed by atoms with Crippen molar-refractivity contribution in [3.63, 3.8) is 0 Å². The van der Waals surface area contributed by atoms with Gasteiger partial charge in [0.05, 0.1) is 5.60 Å². The van der Waals surface area contributed by atoms with Crippen molar-refractivity contribution in [3.05, 3.63) is 42.2 Å². The maximum atomic E-state index is 11.0. The zero-order valence-electron chi connectivity index (χ0n) is 10.4. The number of aliphatic hydroxyl groups is 1. The second-order valence-corrected chi connectivity index (χ2v) is 5.04. The second-order valence-electron chi connectivity index (χ2n) is 5.04. The topological polar surface area (TPSA) is 45.2 Å². The fraction of sp³-hybridized carbons (Fsp3) is 0.400. The molecule has 0 spiro atoms. The molecule has 2 heterocycles. The molecule has 1 fully saturated rings. The number of nitrogens with zero attached hydrogens (tertiary/aromatic N) is 1. The Hall–Kier alpha value is -1.45. The molecule has 0 radical (unpaired) electrons. The first-order chi connectivity index (χ1) is 8.80. The Morgan fingerprint density at radius 3 is 3.06 bits per heavy atom. The average molecular weight is 242 g/mol. The van der Waals surface area contributed by atoms with Crippen LogP contribution in [0.15, 0.2) is 36.7 Å². The van der Waals surface area contributed by atoms with E-state index in [0.29, 0.717) is 0 Å². The Labute approximate surface area is 107 Å². The van der Waals surface area contributed by atoms with Crippen LogP contribution in [0.1, 0.15) is 24.8 Å². The Kier molecular flexibility index (Phi) is 3.02. The maximum Gasteiger partial charge on any atom is 0.0915 e. The summed E-state index contributed by atoms with van der Waals surface area (Å²) in [5.41, 5.74) is 0.343. The van der Waals surface area contributed by atoms with Crippen molar-refractivity contribution in [2.45, 2.75) is 24.9 Å². The Balaban J connectivity index is 2.12. The first-order valence-electron chi connectivity index (χ1n) is 6.56. The SMILES string of the molecule is OC1(c2cccc3cnccc23)CCCNCC1. The van der Waals surface area contributed by atoms with Gasteiger partial charge in [-0.3, -0.25) is 4.98 Å². The molecule has 1 atom stereocenters. The molecule has 1 aromatic carbocycles. The average Bonchev–Trinajstić information content (AvgIpc) is 2.64. The maximum absolute atomic E-state index is 11.0. The summed E-state index contributed by atoms with van der Waals surface area (Å²) in [7, 11) is 0. The van der Waals surface area contributed by atoms with Crippen molar-refractivity contribution >= 4 is 10.8 Å². The van der Waals surface area contributed by atoms with Gasteiger partial charge < -0.3 is 10.4 Å². The predicted molar refractivity (Wildman–Crippen MR) is 72.4 cm³/mol. The molecule has 3 rings (SSSR count). The molecule has 2 aromatic rings. The molecule has 0 amide bonds. The number of rotatable bonds is 1. The quantitative estimate of drug-likeness (QED) is 0.805. The van der Waals surface area contributed by atoms with E-state index in [-0.39, 0.29) is 0 Å². The molecular formula is C15H18N2O. The first-order valence-corrected chi connectivity index (χ1v) is 6.56. The van der Waals surface area contributed by atoms with Crippen LogP contribution in [0.4, 0.5) is 0 Å². The van der Waals surface area contributed by atoms with Crippen LogP contribution < -0.4 is 5.32 Å². The lowest BCUT2D eigenvalue weighted by Crippen LogP contribution is -2.27. The molecule has 18 heavy (non-hydrogen) atoms. The number of aromatic nitrogens is 1. The highest BCUT2D eigenvalue weighted by Crippen LogP contribution is 2.35. The lowest BCUT2D eigenvalue weighted by molar-refractivity contribution is 0.0255. The summed E-state index contributed by atoms with van der Waals surface area (Å²) < 4.78 is 0. The molecule has 3 nitrogen and oxygen atoms in total. The van der Waals surface area contributed by atoms with Gasteiger partial charge in [-0.05, 0) is 49.4 Å². The van der Waals surface area contributed by atoms with E-state index < -0.39 is 5.60 Å². The smallest absolute Gasteiger partial charge is 0.0915 e. The van der Waals surface area contributed by atoms with Gasteiger partial charge in [0.1, 0.15) is 0 Å². The van der Waals surface area contributed by atoms with Crippen molar-refractivity contribution < 1.29 is 5.11 Å². The van der Waals surface area contributed by atoms with Crippen molar-refractivity contribution in [1.82, 2.24) is 10.3 Å². The molecule has 94 valence electrons. The summed E-state index contributed by atoms with van der Waals surface area (Å²) in [5.74, 6) is 0. The Morgan fingerprint density at radius 2 is 2.11 bits per heavy atom. The second kappa shape index (κ2) is 4.67. The van der Waals surface area contributed by atoms with Crippen molar-refractivity contribution in [1.29, 1.82) is 0 Å². The van der Waals surface area contributed by atoms with Gasteiger partial charge in [0.2, 0.25) is 0 Å². The number of benzene rings is 1. The van der Waals surface area contributed by atoms with Crippen molar-refractivity contribution in [3.8, 4) is 0 Å². The summed E-state index contributed by atoms with van der Waals surface area (Å²) in [6.45, 7) is 1.87. The van der Waals surface area contributed by atoms with E-state index in [1.54, 1.807) is 6.20 Å². The van der Waals surface area contributed by atoms with Crippen LogP contribution in [-0.4, -0.2) is 23.2 Å². The third-order valence-corrected chi connectivity index (χ3v) is 3.84. The van der Waals surface area contributed by atoms with E-state index in [1.807, 2.05) is 30.5 Å². The van der Waals surface area contributed by atoms with E-state index in [2.05, 4.69) is 10.3 Å². The number of pyridine rings is 1. The summed E-state index contributed by atoms with van der Waals surface area (Å²) >= 11 is 0. The van der Waals surface area contributed by atoms with Crippen LogP contribution in [0, 0.1) is 0 Å². The van der Waals surface area contributed by atoms with Crippen LogP contribution in [0.3, 0.4) is 0 Å². The molecule has 1 unspecified atom stereocenters. The minimum Gasteiger partial charge on any atom is -0.385 e. The summed E-state index contributed by atoms with van der Waals surface area (Å²) in [6.07, 6.45) is 6.26. The molecule has 0 saturated carbocycles. The highest BCUT2D eigenvalue weighted by molar-refractivity contribution is 5.85. The van der Waals surface area contributed by atoms with Crippen LogP contribution in [0.5, 0.6) is 0 Å². The number of nitrogens with one attached hydrogen (secondary N) is 1. The van der Waals surface area contributed by atoms with Gasteiger partial charge in [-0.1, -0.05) is 18.2 Å². The molecule has 1 aliphatic heterocycles. The third kappa shape index (κ3) is 2.00. The largest absolute Gasteiger partial charge is 0.385 e. The lowest BCUT2D eigenvalue weighted by Gasteiger charge is -2.28. The first kappa shape index (κ1) is 11.6. The zero-order chi connectivity index (χ0) is 12.4. The summed E-state index contributed by atoms with van der Waals surface area (Å²) in [5, 5.41) is 16.5. The molecule has 1 aliphatic rings. The normalized spacial score (nSPS) is 24.9. The zero-order valence-corrected chi connectivity index (χ0v) is 10.4. The van der Waals surface area contributed by atoms with E-state index >= 15 is 0 Å². The summed E-state index contributed by atoms with van der Waals surface area (Å²) in [4.78, 5) is 4.15. The van der Waals surface area contributed by atoms with Gasteiger partial charge in [0.15, 0.2) is 0 Å². The molecule has 1 aromatic heterocycles. The van der Waals surface area contributed by atoms with Crippen LogP contribution in [0.2, 0.25) is 0 Å². The molecule has 0 aliphatic carbocycles. The fourth-order valence-corrected chi connectivity index (χ4v) is 2.85. The van der Waals surface area contributed by atoms with E-state index in [4.69, 9.17) is 0 Å². The highest BCUT2D eigenvalue weighted by Gasteiger charge is 2.31.